The molecule has 1 unspecified atom stereocenters. The number of nitrogens with zero attached hydrogens (tertiary/aromatic N) is 1. The van der Waals surface area contributed by atoms with Gasteiger partial charge in [-0.2, -0.15) is 5.10 Å². The molecule has 5 nitrogen and oxygen atoms in total. The summed E-state index contributed by atoms with van der Waals surface area (Å²) >= 11 is 5.07. The van der Waals surface area contributed by atoms with Crippen molar-refractivity contribution in [3.05, 3.63) is 35.4 Å². The number of aryl methyl sites for hydroxylation is 1. The molecule has 1 aliphatic rings. The SMILES string of the molecule is Cc1ccc(/C=N/NC(=S)NC2CCS(=O)(=O)C2)cc1. The third-order valence-electron chi connectivity index (χ3n) is 3.02. The molecule has 1 fully saturated rings. The molecule has 1 aliphatic heterocycles. The maximum Gasteiger partial charge on any atom is 0.187 e. The lowest BCUT2D eigenvalue weighted by Crippen LogP contribution is -2.40. The first kappa shape index (κ1) is 14.9. The molecule has 0 spiro atoms. The zero-order valence-corrected chi connectivity index (χ0v) is 12.8. The van der Waals surface area contributed by atoms with Gasteiger partial charge in [0.2, 0.25) is 0 Å². The molecule has 1 saturated heterocycles. The second-order valence-corrected chi connectivity index (χ2v) is 7.49. The standard InChI is InChI=1S/C13H17N3O2S2/c1-10-2-4-11(5-3-10)8-14-16-13(19)15-12-6-7-20(17,18)9-12/h2-5,8,12H,6-7,9H2,1H3,(H2,15,16,19)/b14-8+. The number of hydrogen-bond donors (Lipinski definition) is 2. The Kier molecular flexibility index (Phi) is 4.72. The molecule has 1 aromatic rings. The maximum atomic E-state index is 11.3. The van der Waals surface area contributed by atoms with E-state index in [9.17, 15) is 8.42 Å². The zero-order chi connectivity index (χ0) is 14.6. The summed E-state index contributed by atoms with van der Waals surface area (Å²) in [7, 11) is -2.90. The minimum Gasteiger partial charge on any atom is -0.358 e. The number of thiocarbonyl (C=S) groups is 1. The highest BCUT2D eigenvalue weighted by Gasteiger charge is 2.27. The summed E-state index contributed by atoms with van der Waals surface area (Å²) in [5.74, 6) is 0.358. The predicted molar refractivity (Wildman–Crippen MR) is 84.7 cm³/mol. The first-order valence-electron chi connectivity index (χ1n) is 6.31. The van der Waals surface area contributed by atoms with Crippen molar-refractivity contribution in [2.45, 2.75) is 19.4 Å². The minimum absolute atomic E-state index is 0.116. The Morgan fingerprint density at radius 3 is 2.70 bits per heavy atom. The van der Waals surface area contributed by atoms with Crippen LogP contribution in [-0.2, 0) is 9.84 Å². The molecule has 20 heavy (non-hydrogen) atoms. The number of hydrazone groups is 1. The fourth-order valence-corrected chi connectivity index (χ4v) is 3.84. The average Bonchev–Trinajstić information content (AvgIpc) is 2.71. The topological polar surface area (TPSA) is 70.6 Å². The molecule has 2 rings (SSSR count). The number of rotatable bonds is 3. The molecule has 7 heteroatoms. The van der Waals surface area contributed by atoms with Gasteiger partial charge >= 0.3 is 0 Å². The molecule has 0 radical (unpaired) electrons. The van der Waals surface area contributed by atoms with Gasteiger partial charge in [-0.15, -0.1) is 0 Å². The van der Waals surface area contributed by atoms with Gasteiger partial charge in [0.05, 0.1) is 17.7 Å². The van der Waals surface area contributed by atoms with E-state index in [1.165, 1.54) is 5.56 Å². The molecule has 108 valence electrons. The quantitative estimate of drug-likeness (QED) is 0.495. The molecule has 1 atom stereocenters. The highest BCUT2D eigenvalue weighted by atomic mass is 32.2. The van der Waals surface area contributed by atoms with Crippen LogP contribution in [0.4, 0.5) is 0 Å². The maximum absolute atomic E-state index is 11.3. The summed E-state index contributed by atoms with van der Waals surface area (Å²) in [6.45, 7) is 2.02. The van der Waals surface area contributed by atoms with E-state index >= 15 is 0 Å². The summed E-state index contributed by atoms with van der Waals surface area (Å²) in [5.41, 5.74) is 4.85. The second kappa shape index (κ2) is 6.32. The van der Waals surface area contributed by atoms with Crippen molar-refractivity contribution >= 4 is 33.4 Å². The monoisotopic (exact) mass is 311 g/mol. The molecular formula is C13H17N3O2S2. The van der Waals surface area contributed by atoms with Crippen molar-refractivity contribution in [3.8, 4) is 0 Å². The predicted octanol–water partition coefficient (Wildman–Crippen LogP) is 0.980. The Morgan fingerprint density at radius 1 is 1.40 bits per heavy atom. The van der Waals surface area contributed by atoms with Crippen LogP contribution < -0.4 is 10.7 Å². The Hall–Kier alpha value is -1.47. The van der Waals surface area contributed by atoms with Gasteiger partial charge in [0.25, 0.3) is 0 Å². The average molecular weight is 311 g/mol. The van der Waals surface area contributed by atoms with Crippen molar-refractivity contribution in [3.63, 3.8) is 0 Å². The molecule has 0 bridgehead atoms. The first-order chi connectivity index (χ1) is 9.44. The van der Waals surface area contributed by atoms with Crippen molar-refractivity contribution < 1.29 is 8.42 Å². The van der Waals surface area contributed by atoms with Gasteiger partial charge in [-0.25, -0.2) is 8.42 Å². The smallest absolute Gasteiger partial charge is 0.187 e. The van der Waals surface area contributed by atoms with Crippen LogP contribution in [0, 0.1) is 6.92 Å². The van der Waals surface area contributed by atoms with Crippen molar-refractivity contribution in [1.82, 2.24) is 10.7 Å². The Labute approximate surface area is 124 Å². The number of hydrogen-bond acceptors (Lipinski definition) is 4. The number of sulfone groups is 1. The van der Waals surface area contributed by atoms with Gasteiger partial charge in [-0.3, -0.25) is 5.43 Å². The first-order valence-corrected chi connectivity index (χ1v) is 8.54. The van der Waals surface area contributed by atoms with Crippen molar-refractivity contribution in [1.29, 1.82) is 0 Å². The van der Waals surface area contributed by atoms with Crippen LogP contribution in [-0.4, -0.2) is 37.3 Å². The summed E-state index contributed by atoms with van der Waals surface area (Å²) in [6.07, 6.45) is 2.25. The third kappa shape index (κ3) is 4.57. The van der Waals surface area contributed by atoms with E-state index < -0.39 is 9.84 Å². The molecular weight excluding hydrogens is 294 g/mol. The minimum atomic E-state index is -2.90. The zero-order valence-electron chi connectivity index (χ0n) is 11.2. The molecule has 0 saturated carbocycles. The largest absolute Gasteiger partial charge is 0.358 e. The highest BCUT2D eigenvalue weighted by Crippen LogP contribution is 2.10. The van der Waals surface area contributed by atoms with Crippen LogP contribution in [0.25, 0.3) is 0 Å². The molecule has 0 aromatic heterocycles. The van der Waals surface area contributed by atoms with Gasteiger partial charge in [0.15, 0.2) is 14.9 Å². The van der Waals surface area contributed by atoms with Crippen molar-refractivity contribution in [2.75, 3.05) is 11.5 Å². The van der Waals surface area contributed by atoms with Crippen LogP contribution in [0.15, 0.2) is 29.4 Å². The summed E-state index contributed by atoms with van der Waals surface area (Å²) in [6, 6.07) is 7.80. The van der Waals surface area contributed by atoms with Gasteiger partial charge in [-0.05, 0) is 31.1 Å². The molecule has 1 aromatic carbocycles. The molecule has 0 amide bonds. The van der Waals surface area contributed by atoms with Gasteiger partial charge in [0, 0.05) is 6.04 Å². The number of benzene rings is 1. The van der Waals surface area contributed by atoms with Crippen LogP contribution >= 0.6 is 12.2 Å². The van der Waals surface area contributed by atoms with E-state index in [-0.39, 0.29) is 17.5 Å². The van der Waals surface area contributed by atoms with Gasteiger partial charge < -0.3 is 5.32 Å². The van der Waals surface area contributed by atoms with Crippen LogP contribution in [0.3, 0.4) is 0 Å². The molecule has 0 aliphatic carbocycles. The third-order valence-corrected chi connectivity index (χ3v) is 5.00. The van der Waals surface area contributed by atoms with E-state index in [4.69, 9.17) is 12.2 Å². The summed E-state index contributed by atoms with van der Waals surface area (Å²) in [4.78, 5) is 0. The van der Waals surface area contributed by atoms with Gasteiger partial charge in [-0.1, -0.05) is 29.8 Å². The lowest BCUT2D eigenvalue weighted by Gasteiger charge is -2.11. The fraction of sp³-hybridized carbons (Fsp3) is 0.385. The molecule has 2 N–H and O–H groups in total. The fourth-order valence-electron chi connectivity index (χ4n) is 1.94. The lowest BCUT2D eigenvalue weighted by molar-refractivity contribution is 0.600. The lowest BCUT2D eigenvalue weighted by atomic mass is 10.2. The summed E-state index contributed by atoms with van der Waals surface area (Å²) < 4.78 is 22.6. The Bertz CT molecular complexity index is 609. The van der Waals surface area contributed by atoms with E-state index in [1.54, 1.807) is 6.21 Å². The van der Waals surface area contributed by atoms with Crippen LogP contribution in [0.5, 0.6) is 0 Å². The van der Waals surface area contributed by atoms with Crippen molar-refractivity contribution in [2.24, 2.45) is 5.10 Å². The Morgan fingerprint density at radius 2 is 2.10 bits per heavy atom. The van der Waals surface area contributed by atoms with Crippen LogP contribution in [0.2, 0.25) is 0 Å². The highest BCUT2D eigenvalue weighted by molar-refractivity contribution is 7.91. The van der Waals surface area contributed by atoms with E-state index in [0.29, 0.717) is 11.5 Å². The van der Waals surface area contributed by atoms with Crippen LogP contribution in [0.1, 0.15) is 17.5 Å². The number of nitrogens with one attached hydrogen (secondary N) is 2. The van der Waals surface area contributed by atoms with Gasteiger partial charge in [0.1, 0.15) is 0 Å². The molecule has 1 heterocycles. The van der Waals surface area contributed by atoms with E-state index in [1.807, 2.05) is 31.2 Å². The Balaban J connectivity index is 1.79. The summed E-state index contributed by atoms with van der Waals surface area (Å²) in [5, 5.41) is 7.32. The van der Waals surface area contributed by atoms with E-state index in [2.05, 4.69) is 15.8 Å². The second-order valence-electron chi connectivity index (χ2n) is 4.85. The normalized spacial score (nSPS) is 20.9. The van der Waals surface area contributed by atoms with E-state index in [0.717, 1.165) is 5.56 Å².